The summed E-state index contributed by atoms with van der Waals surface area (Å²) in [5.74, 6) is 2.58. The number of hydrogen-bond acceptors (Lipinski definition) is 1. The van der Waals surface area contributed by atoms with Crippen LogP contribution in [-0.2, 0) is 0 Å². The Hall–Kier alpha value is -7.95. The zero-order valence-corrected chi connectivity index (χ0v) is 51.3. The SMILES string of the molecule is CC(C)C(C)c1ccc(F)cc1.CC(C)C(c1ccc(F)cc1)c1ccccc1F.CC(C)C(c1ccccc1)c1ccc(F)cc1.Cc1ccc(C(c2ccc(F)cn2)C(C)C)cc1.[C-]#[N+]c1ccc(C(c2ccc(C)cc2)C(C)C)cc1. The Kier molecular flexibility index (Phi) is 26.6. The third-order valence-corrected chi connectivity index (χ3v) is 15.2. The molecule has 5 atom stereocenters. The van der Waals surface area contributed by atoms with E-state index in [2.05, 4.69) is 159 Å². The van der Waals surface area contributed by atoms with Gasteiger partial charge in [-0.25, -0.2) is 26.8 Å². The van der Waals surface area contributed by atoms with Crippen molar-refractivity contribution in [2.75, 3.05) is 0 Å². The maximum absolute atomic E-state index is 13.9. The van der Waals surface area contributed by atoms with E-state index >= 15 is 0 Å². The monoisotopic (exact) mass is 1130 g/mol. The van der Waals surface area contributed by atoms with Crippen LogP contribution in [-0.4, -0.2) is 4.98 Å². The molecule has 1 heterocycles. The molecular weight excluding hydrogens is 1050 g/mol. The van der Waals surface area contributed by atoms with Crippen molar-refractivity contribution < 1.29 is 22.0 Å². The number of rotatable bonds is 14. The predicted octanol–water partition coefficient (Wildman–Crippen LogP) is 22.6. The van der Waals surface area contributed by atoms with Crippen molar-refractivity contribution in [3.05, 3.63) is 320 Å². The Labute approximate surface area is 499 Å². The highest BCUT2D eigenvalue weighted by Gasteiger charge is 2.23. The van der Waals surface area contributed by atoms with Gasteiger partial charge in [-0.15, -0.1) is 0 Å². The number of pyridine rings is 1. The van der Waals surface area contributed by atoms with Crippen LogP contribution in [0.15, 0.2) is 219 Å². The molecule has 0 bridgehead atoms. The summed E-state index contributed by atoms with van der Waals surface area (Å²) in [4.78, 5) is 7.67. The van der Waals surface area contributed by atoms with E-state index in [4.69, 9.17) is 6.57 Å². The molecule has 84 heavy (non-hydrogen) atoms. The number of nitrogens with zero attached hydrogens (tertiary/aromatic N) is 2. The van der Waals surface area contributed by atoms with Gasteiger partial charge in [0.15, 0.2) is 5.69 Å². The van der Waals surface area contributed by atoms with Crippen LogP contribution in [0, 0.1) is 79.1 Å². The maximum atomic E-state index is 13.9. The van der Waals surface area contributed by atoms with Crippen LogP contribution in [0.2, 0.25) is 0 Å². The molecule has 9 aromatic rings. The van der Waals surface area contributed by atoms with Crippen molar-refractivity contribution in [2.24, 2.45) is 29.6 Å². The van der Waals surface area contributed by atoms with Crippen LogP contribution in [0.5, 0.6) is 0 Å². The lowest BCUT2D eigenvalue weighted by Crippen LogP contribution is -2.10. The van der Waals surface area contributed by atoms with Gasteiger partial charge in [0.2, 0.25) is 0 Å². The number of aromatic nitrogens is 1. The molecule has 438 valence electrons. The summed E-state index contributed by atoms with van der Waals surface area (Å²) >= 11 is 0. The first-order valence-corrected chi connectivity index (χ1v) is 29.4. The predicted molar refractivity (Wildman–Crippen MR) is 341 cm³/mol. The highest BCUT2D eigenvalue weighted by molar-refractivity contribution is 5.48. The number of aryl methyl sites for hydroxylation is 2. The normalized spacial score (nSPS) is 12.7. The second kappa shape index (κ2) is 33.4. The number of halogens is 5. The smallest absolute Gasteiger partial charge is 0.187 e. The third-order valence-electron chi connectivity index (χ3n) is 15.2. The van der Waals surface area contributed by atoms with Gasteiger partial charge in [0.05, 0.1) is 12.8 Å². The van der Waals surface area contributed by atoms with Crippen LogP contribution < -0.4 is 0 Å². The van der Waals surface area contributed by atoms with Gasteiger partial charge in [-0.05, 0) is 148 Å². The molecule has 0 fully saturated rings. The lowest BCUT2D eigenvalue weighted by atomic mass is 9.82. The summed E-state index contributed by atoms with van der Waals surface area (Å²) in [5.41, 5.74) is 13.3. The standard InChI is InChI=1S/C18H19N.C16H16F2.C16H18FN.C16H17F.C11H15F/c1-13(2)18(15-7-5-14(3)6-8-15)16-9-11-17(19-4)12-10-16;1-11(2)16(12-7-9-13(17)10-8-12)14-5-3-4-6-15(14)18;1-11(2)16(13-6-4-12(3)5-7-13)15-9-8-14(17)10-18-15;1-12(2)16(13-6-4-3-5-7-13)14-8-10-15(17)11-9-14;1-8(2)9(3)10-4-6-11(12)7-5-10/h5-13,18H,1-3H3;3-11,16H,1-2H3;4-11,16H,1-3H3;3-12,16H,1-2H3;4-9H,1-3H3. The second-order valence-electron chi connectivity index (χ2n) is 23.4. The summed E-state index contributed by atoms with van der Waals surface area (Å²) in [6.45, 7) is 35.0. The van der Waals surface area contributed by atoms with E-state index in [0.717, 1.165) is 11.3 Å². The molecule has 0 saturated heterocycles. The first-order valence-electron chi connectivity index (χ1n) is 29.4. The lowest BCUT2D eigenvalue weighted by molar-refractivity contribution is 0.522. The number of benzene rings is 8. The van der Waals surface area contributed by atoms with E-state index < -0.39 is 0 Å². The average molecular weight is 1130 g/mol. The summed E-state index contributed by atoms with van der Waals surface area (Å²) in [5, 5.41) is 0. The van der Waals surface area contributed by atoms with Crippen LogP contribution in [0.3, 0.4) is 0 Å². The van der Waals surface area contributed by atoms with E-state index in [1.807, 2.05) is 74.5 Å². The van der Waals surface area contributed by atoms with Gasteiger partial charge in [-0.2, -0.15) is 0 Å². The van der Waals surface area contributed by atoms with E-state index in [9.17, 15) is 22.0 Å². The highest BCUT2D eigenvalue weighted by Crippen LogP contribution is 2.36. The van der Waals surface area contributed by atoms with Gasteiger partial charge >= 0.3 is 0 Å². The summed E-state index contributed by atoms with van der Waals surface area (Å²) in [6, 6.07) is 65.5. The van der Waals surface area contributed by atoms with Crippen molar-refractivity contribution in [3.63, 3.8) is 0 Å². The average Bonchev–Trinajstić information content (AvgIpc) is 3.50. The molecule has 0 radical (unpaired) electrons. The molecule has 8 aromatic carbocycles. The lowest BCUT2D eigenvalue weighted by Gasteiger charge is -2.22. The van der Waals surface area contributed by atoms with Crippen LogP contribution in [0.1, 0.15) is 167 Å². The Balaban J connectivity index is 0.000000193. The minimum atomic E-state index is -0.287. The molecule has 0 N–H and O–H groups in total. The van der Waals surface area contributed by atoms with Crippen molar-refractivity contribution in [3.8, 4) is 0 Å². The number of hydrogen-bond donors (Lipinski definition) is 0. The third kappa shape index (κ3) is 20.4. The zero-order valence-electron chi connectivity index (χ0n) is 51.3. The van der Waals surface area contributed by atoms with E-state index in [1.165, 1.54) is 99.2 Å². The summed E-state index contributed by atoms with van der Waals surface area (Å²) in [7, 11) is 0. The molecule has 9 rings (SSSR count). The molecule has 0 amide bonds. The quantitative estimate of drug-likeness (QED) is 0.0783. The van der Waals surface area contributed by atoms with Crippen LogP contribution in [0.25, 0.3) is 4.85 Å². The summed E-state index contributed by atoms with van der Waals surface area (Å²) in [6.07, 6.45) is 1.29. The molecule has 0 aliphatic carbocycles. The van der Waals surface area contributed by atoms with Crippen LogP contribution >= 0.6 is 0 Å². The molecule has 7 heteroatoms. The van der Waals surface area contributed by atoms with Crippen molar-refractivity contribution in [1.29, 1.82) is 0 Å². The molecule has 1 aromatic heterocycles. The molecular formula is C77H85F5N2. The molecule has 0 spiro atoms. The van der Waals surface area contributed by atoms with Gasteiger partial charge in [-0.1, -0.05) is 245 Å². The van der Waals surface area contributed by atoms with Gasteiger partial charge < -0.3 is 0 Å². The van der Waals surface area contributed by atoms with Gasteiger partial charge in [0.1, 0.15) is 29.1 Å². The molecule has 0 saturated carbocycles. The van der Waals surface area contributed by atoms with E-state index in [-0.39, 0.29) is 46.8 Å². The zero-order chi connectivity index (χ0) is 61.5. The van der Waals surface area contributed by atoms with Gasteiger partial charge in [0.25, 0.3) is 0 Å². The molecule has 0 aliphatic heterocycles. The second-order valence-corrected chi connectivity index (χ2v) is 23.4. The fourth-order valence-electron chi connectivity index (χ4n) is 10.5. The Morgan fingerprint density at radius 3 is 1.02 bits per heavy atom. The fourth-order valence-corrected chi connectivity index (χ4v) is 10.5. The first-order chi connectivity index (χ1) is 40.1. The Morgan fingerprint density at radius 2 is 0.655 bits per heavy atom. The largest absolute Gasteiger partial charge is 0.258 e. The maximum Gasteiger partial charge on any atom is 0.187 e. The van der Waals surface area contributed by atoms with Crippen LogP contribution in [0.4, 0.5) is 27.6 Å². The van der Waals surface area contributed by atoms with Crippen molar-refractivity contribution in [2.45, 2.75) is 120 Å². The Morgan fingerprint density at radius 1 is 0.321 bits per heavy atom. The van der Waals surface area contributed by atoms with Crippen molar-refractivity contribution in [1.82, 2.24) is 4.98 Å². The molecule has 0 aliphatic rings. The van der Waals surface area contributed by atoms with Crippen molar-refractivity contribution >= 4 is 5.69 Å². The van der Waals surface area contributed by atoms with E-state index in [0.29, 0.717) is 52.7 Å². The van der Waals surface area contributed by atoms with Gasteiger partial charge in [0, 0.05) is 29.4 Å². The minimum Gasteiger partial charge on any atom is -0.258 e. The van der Waals surface area contributed by atoms with Gasteiger partial charge in [-0.3, -0.25) is 4.98 Å². The first kappa shape index (κ1) is 66.8. The molecule has 2 nitrogen and oxygen atoms in total. The fraction of sp³-hybridized carbons (Fsp3) is 0.299. The highest BCUT2D eigenvalue weighted by atomic mass is 19.1. The minimum absolute atomic E-state index is 0.0493. The Bertz CT molecular complexity index is 3280. The summed E-state index contributed by atoms with van der Waals surface area (Å²) < 4.78 is 65.3. The topological polar surface area (TPSA) is 17.2 Å². The van der Waals surface area contributed by atoms with E-state index in [1.54, 1.807) is 30.3 Å². The molecule has 5 unspecified atom stereocenters.